The fourth-order valence-corrected chi connectivity index (χ4v) is 3.60. The van der Waals surface area contributed by atoms with Gasteiger partial charge in [-0.3, -0.25) is 9.03 Å². The average molecular weight is 340 g/mol. The molecular formula is C14H16N2O4S2. The normalized spacial score (nSPS) is 11.9. The Labute approximate surface area is 130 Å². The van der Waals surface area contributed by atoms with Crippen LogP contribution in [0.1, 0.15) is 0 Å². The first-order valence-electron chi connectivity index (χ1n) is 6.32. The second-order valence-corrected chi connectivity index (χ2v) is 8.42. The molecule has 0 radical (unpaired) electrons. The van der Waals surface area contributed by atoms with Gasteiger partial charge in [0.15, 0.2) is 0 Å². The van der Waals surface area contributed by atoms with E-state index in [4.69, 9.17) is 0 Å². The summed E-state index contributed by atoms with van der Waals surface area (Å²) in [5, 5.41) is 0. The van der Waals surface area contributed by atoms with Gasteiger partial charge in [0.25, 0.3) is 10.0 Å². The highest BCUT2D eigenvalue weighted by Gasteiger charge is 2.21. The van der Waals surface area contributed by atoms with Gasteiger partial charge in [-0.05, 0) is 36.4 Å². The maximum absolute atomic E-state index is 12.5. The number of nitrogens with zero attached hydrogens (tertiary/aromatic N) is 1. The summed E-state index contributed by atoms with van der Waals surface area (Å²) in [7, 11) is -5.63. The van der Waals surface area contributed by atoms with Crippen molar-refractivity contribution in [3.8, 4) is 0 Å². The molecule has 0 saturated carbocycles. The standard InChI is InChI=1S/C14H16N2O4S2/c1-16(13-6-4-3-5-7-13)22(19,20)14-10-8-12(9-11-14)15-21(2,17)18/h3-11,15H,1-2H3. The molecular weight excluding hydrogens is 324 g/mol. The van der Waals surface area contributed by atoms with Crippen molar-refractivity contribution in [1.82, 2.24) is 0 Å². The predicted molar refractivity (Wildman–Crippen MR) is 86.9 cm³/mol. The van der Waals surface area contributed by atoms with E-state index >= 15 is 0 Å². The Bertz CT molecular complexity index is 845. The molecule has 2 aromatic carbocycles. The van der Waals surface area contributed by atoms with Gasteiger partial charge in [-0.2, -0.15) is 0 Å². The maximum atomic E-state index is 12.5. The Morgan fingerprint density at radius 3 is 1.91 bits per heavy atom. The summed E-state index contributed by atoms with van der Waals surface area (Å²) in [6.07, 6.45) is 1.03. The van der Waals surface area contributed by atoms with E-state index in [0.717, 1.165) is 6.26 Å². The van der Waals surface area contributed by atoms with Gasteiger partial charge < -0.3 is 0 Å². The molecule has 0 bridgehead atoms. The summed E-state index contributed by atoms with van der Waals surface area (Å²) in [5.41, 5.74) is 0.852. The molecule has 0 aliphatic carbocycles. The molecule has 8 heteroatoms. The first kappa shape index (κ1) is 16.3. The molecule has 0 aromatic heterocycles. The van der Waals surface area contributed by atoms with Crippen LogP contribution in [0.25, 0.3) is 0 Å². The van der Waals surface area contributed by atoms with Gasteiger partial charge in [0.2, 0.25) is 10.0 Å². The number of benzene rings is 2. The second kappa shape index (κ2) is 5.98. The lowest BCUT2D eigenvalue weighted by molar-refractivity contribution is 0.594. The molecule has 1 N–H and O–H groups in total. The molecule has 0 atom stereocenters. The molecule has 2 aromatic rings. The lowest BCUT2D eigenvalue weighted by Gasteiger charge is -2.19. The number of para-hydroxylation sites is 1. The lowest BCUT2D eigenvalue weighted by Crippen LogP contribution is -2.26. The number of hydrogen-bond acceptors (Lipinski definition) is 4. The molecule has 0 amide bonds. The van der Waals surface area contributed by atoms with Crippen molar-refractivity contribution < 1.29 is 16.8 Å². The quantitative estimate of drug-likeness (QED) is 0.901. The third-order valence-electron chi connectivity index (χ3n) is 2.94. The molecule has 6 nitrogen and oxygen atoms in total. The fourth-order valence-electron chi connectivity index (χ4n) is 1.84. The van der Waals surface area contributed by atoms with Crippen LogP contribution in [0.4, 0.5) is 11.4 Å². The summed E-state index contributed by atoms with van der Waals surface area (Å²) in [6.45, 7) is 0. The number of hydrogen-bond donors (Lipinski definition) is 1. The van der Waals surface area contributed by atoms with Crippen molar-refractivity contribution in [3.05, 3.63) is 54.6 Å². The largest absolute Gasteiger partial charge is 0.284 e. The average Bonchev–Trinajstić information content (AvgIpc) is 2.46. The molecule has 2 rings (SSSR count). The Kier molecular flexibility index (Phi) is 4.43. The lowest BCUT2D eigenvalue weighted by atomic mass is 10.3. The monoisotopic (exact) mass is 340 g/mol. The van der Waals surface area contributed by atoms with Gasteiger partial charge in [0.05, 0.1) is 16.8 Å². The second-order valence-electron chi connectivity index (χ2n) is 4.71. The van der Waals surface area contributed by atoms with Crippen LogP contribution in [0.3, 0.4) is 0 Å². The van der Waals surface area contributed by atoms with Crippen molar-refractivity contribution in [2.75, 3.05) is 22.3 Å². The van der Waals surface area contributed by atoms with Crippen LogP contribution >= 0.6 is 0 Å². The van der Waals surface area contributed by atoms with Crippen LogP contribution in [-0.2, 0) is 20.0 Å². The summed E-state index contributed by atoms with van der Waals surface area (Å²) in [4.78, 5) is 0.0814. The van der Waals surface area contributed by atoms with E-state index in [1.165, 1.54) is 35.6 Å². The summed E-state index contributed by atoms with van der Waals surface area (Å²) in [5.74, 6) is 0. The fraction of sp³-hybridized carbons (Fsp3) is 0.143. The zero-order valence-electron chi connectivity index (χ0n) is 12.1. The molecule has 0 fully saturated rings. The third-order valence-corrected chi connectivity index (χ3v) is 5.34. The Morgan fingerprint density at radius 1 is 0.864 bits per heavy atom. The molecule has 0 saturated heterocycles. The number of sulfonamides is 2. The topological polar surface area (TPSA) is 83.6 Å². The van der Waals surface area contributed by atoms with Crippen molar-refractivity contribution >= 4 is 31.4 Å². The molecule has 118 valence electrons. The van der Waals surface area contributed by atoms with Gasteiger partial charge >= 0.3 is 0 Å². The van der Waals surface area contributed by atoms with Gasteiger partial charge in [-0.1, -0.05) is 18.2 Å². The van der Waals surface area contributed by atoms with E-state index in [9.17, 15) is 16.8 Å². The molecule has 0 heterocycles. The van der Waals surface area contributed by atoms with Gasteiger partial charge in [-0.25, -0.2) is 16.8 Å². The van der Waals surface area contributed by atoms with Crippen LogP contribution in [0.5, 0.6) is 0 Å². The van der Waals surface area contributed by atoms with Crippen LogP contribution in [-0.4, -0.2) is 30.1 Å². The minimum Gasteiger partial charge on any atom is -0.284 e. The Balaban J connectivity index is 2.30. The van der Waals surface area contributed by atoms with Crippen LogP contribution < -0.4 is 9.03 Å². The summed E-state index contributed by atoms with van der Waals surface area (Å²) >= 11 is 0. The molecule has 0 aliphatic rings. The van der Waals surface area contributed by atoms with E-state index in [1.807, 2.05) is 0 Å². The van der Waals surface area contributed by atoms with E-state index in [0.29, 0.717) is 11.4 Å². The number of nitrogens with one attached hydrogen (secondary N) is 1. The van der Waals surface area contributed by atoms with Gasteiger partial charge in [0.1, 0.15) is 0 Å². The van der Waals surface area contributed by atoms with Crippen molar-refractivity contribution in [2.45, 2.75) is 4.90 Å². The zero-order chi connectivity index (χ0) is 16.4. The SMILES string of the molecule is CN(c1ccccc1)S(=O)(=O)c1ccc(NS(C)(=O)=O)cc1. The highest BCUT2D eigenvalue weighted by atomic mass is 32.2. The Hall–Kier alpha value is -2.06. The molecule has 0 aliphatic heterocycles. The van der Waals surface area contributed by atoms with Crippen LogP contribution in [0.2, 0.25) is 0 Å². The van der Waals surface area contributed by atoms with Crippen molar-refractivity contribution in [2.24, 2.45) is 0 Å². The van der Waals surface area contributed by atoms with E-state index in [-0.39, 0.29) is 4.90 Å². The smallest absolute Gasteiger partial charge is 0.264 e. The maximum Gasteiger partial charge on any atom is 0.264 e. The molecule has 22 heavy (non-hydrogen) atoms. The minimum atomic E-state index is -3.70. The van der Waals surface area contributed by atoms with E-state index < -0.39 is 20.0 Å². The number of anilines is 2. The predicted octanol–water partition coefficient (Wildman–Crippen LogP) is 1.88. The first-order valence-corrected chi connectivity index (χ1v) is 9.65. The van der Waals surface area contributed by atoms with Crippen LogP contribution in [0.15, 0.2) is 59.5 Å². The zero-order valence-corrected chi connectivity index (χ0v) is 13.7. The first-order chi connectivity index (χ1) is 10.2. The van der Waals surface area contributed by atoms with Crippen LogP contribution in [0, 0.1) is 0 Å². The van der Waals surface area contributed by atoms with E-state index in [1.54, 1.807) is 30.3 Å². The van der Waals surface area contributed by atoms with Gasteiger partial charge in [0, 0.05) is 12.7 Å². The molecule has 0 unspecified atom stereocenters. The number of rotatable bonds is 5. The van der Waals surface area contributed by atoms with Crippen molar-refractivity contribution in [1.29, 1.82) is 0 Å². The van der Waals surface area contributed by atoms with Crippen molar-refractivity contribution in [3.63, 3.8) is 0 Å². The summed E-state index contributed by atoms with van der Waals surface area (Å²) in [6, 6.07) is 14.2. The molecule has 0 spiro atoms. The van der Waals surface area contributed by atoms with Gasteiger partial charge in [-0.15, -0.1) is 0 Å². The minimum absolute atomic E-state index is 0.0814. The third kappa shape index (κ3) is 3.77. The Morgan fingerprint density at radius 2 is 1.41 bits per heavy atom. The van der Waals surface area contributed by atoms with E-state index in [2.05, 4.69) is 4.72 Å². The highest BCUT2D eigenvalue weighted by Crippen LogP contribution is 2.22. The highest BCUT2D eigenvalue weighted by molar-refractivity contribution is 7.93. The summed E-state index contributed by atoms with van der Waals surface area (Å²) < 4.78 is 50.8.